The van der Waals surface area contributed by atoms with Crippen LogP contribution in [-0.4, -0.2) is 47.5 Å². The average Bonchev–Trinajstić information content (AvgIpc) is 3.02. The molecule has 0 aromatic heterocycles. The SMILES string of the molecule is COc1cc(C2C3=CCC4C(=O)N(C)C(=O)C4C3CC3=C2C(=O)C=C(Br)C3=O)cc(Cl)c1O. The van der Waals surface area contributed by atoms with E-state index in [1.54, 1.807) is 12.1 Å². The van der Waals surface area contributed by atoms with Crippen LogP contribution in [0.1, 0.15) is 24.3 Å². The smallest absolute Gasteiger partial charge is 0.233 e. The molecule has 0 radical (unpaired) electrons. The molecule has 1 aromatic carbocycles. The van der Waals surface area contributed by atoms with Crippen LogP contribution in [0.15, 0.2) is 45.5 Å². The van der Waals surface area contributed by atoms with E-state index < -0.39 is 23.7 Å². The van der Waals surface area contributed by atoms with E-state index >= 15 is 0 Å². The first kappa shape index (κ1) is 22.1. The molecule has 4 atom stereocenters. The number of ketones is 2. The maximum absolute atomic E-state index is 13.2. The summed E-state index contributed by atoms with van der Waals surface area (Å²) in [5.41, 5.74) is 2.04. The number of likely N-dealkylation sites (tertiary alicyclic amines) is 1. The number of carbonyl (C=O) groups is 4. The largest absolute Gasteiger partial charge is 0.503 e. The Balaban J connectivity index is 1.74. The number of carbonyl (C=O) groups excluding carboxylic acids is 4. The molecule has 9 heteroatoms. The number of hydrogen-bond donors (Lipinski definition) is 1. The number of nitrogens with zero attached hydrogens (tertiary/aromatic N) is 1. The lowest BCUT2D eigenvalue weighted by atomic mass is 9.59. The third-order valence-electron chi connectivity index (χ3n) is 7.16. The number of halogens is 2. The summed E-state index contributed by atoms with van der Waals surface area (Å²) in [5.74, 6) is -3.35. The van der Waals surface area contributed by atoms with Crippen LogP contribution in [0, 0.1) is 17.8 Å². The summed E-state index contributed by atoms with van der Waals surface area (Å²) < 4.78 is 5.43. The van der Waals surface area contributed by atoms with E-state index in [0.29, 0.717) is 23.1 Å². The molecule has 3 aliphatic carbocycles. The van der Waals surface area contributed by atoms with E-state index in [2.05, 4.69) is 15.9 Å². The highest BCUT2D eigenvalue weighted by atomic mass is 79.9. The fraction of sp³-hybridized carbons (Fsp3) is 0.333. The van der Waals surface area contributed by atoms with Crippen LogP contribution in [0.25, 0.3) is 0 Å². The third kappa shape index (κ3) is 3.07. The Kier molecular flexibility index (Phi) is 5.14. The first-order chi connectivity index (χ1) is 15.6. The second-order valence-corrected chi connectivity index (χ2v) is 9.94. The van der Waals surface area contributed by atoms with E-state index in [0.717, 1.165) is 10.5 Å². The number of benzene rings is 1. The topological polar surface area (TPSA) is 101 Å². The number of fused-ring (bicyclic) bond motifs is 3. The molecule has 0 bridgehead atoms. The summed E-state index contributed by atoms with van der Waals surface area (Å²) >= 11 is 9.45. The van der Waals surface area contributed by atoms with Gasteiger partial charge in [0.1, 0.15) is 0 Å². The van der Waals surface area contributed by atoms with E-state index in [9.17, 15) is 24.3 Å². The number of phenolic OH excluding ortho intramolecular Hbond substituents is 1. The normalized spacial score (nSPS) is 28.9. The zero-order chi connectivity index (χ0) is 23.8. The van der Waals surface area contributed by atoms with Crippen molar-refractivity contribution in [3.8, 4) is 11.5 Å². The Morgan fingerprint density at radius 1 is 1.15 bits per heavy atom. The number of imide groups is 1. The number of phenols is 1. The van der Waals surface area contributed by atoms with E-state index in [-0.39, 0.29) is 50.8 Å². The monoisotopic (exact) mass is 531 g/mol. The van der Waals surface area contributed by atoms with Crippen LogP contribution in [0.4, 0.5) is 0 Å². The highest BCUT2D eigenvalue weighted by Crippen LogP contribution is 2.56. The summed E-state index contributed by atoms with van der Waals surface area (Å²) in [4.78, 5) is 53.1. The van der Waals surface area contributed by atoms with Crippen molar-refractivity contribution in [1.29, 1.82) is 0 Å². The van der Waals surface area contributed by atoms with Gasteiger partial charge in [-0.3, -0.25) is 24.1 Å². The second-order valence-electron chi connectivity index (χ2n) is 8.68. The van der Waals surface area contributed by atoms with Gasteiger partial charge < -0.3 is 9.84 Å². The molecule has 33 heavy (non-hydrogen) atoms. The molecule has 1 fully saturated rings. The Bertz CT molecular complexity index is 1260. The van der Waals surface area contributed by atoms with Crippen LogP contribution in [0.2, 0.25) is 5.02 Å². The fourth-order valence-corrected chi connectivity index (χ4v) is 6.33. The van der Waals surface area contributed by atoms with Crippen molar-refractivity contribution in [2.24, 2.45) is 17.8 Å². The fourth-order valence-electron chi connectivity index (χ4n) is 5.66. The molecule has 1 aliphatic heterocycles. The molecule has 4 aliphatic rings. The van der Waals surface area contributed by atoms with Crippen LogP contribution < -0.4 is 4.74 Å². The van der Waals surface area contributed by atoms with Gasteiger partial charge in [0.25, 0.3) is 0 Å². The number of aromatic hydroxyl groups is 1. The van der Waals surface area contributed by atoms with Gasteiger partial charge in [0.2, 0.25) is 11.8 Å². The van der Waals surface area contributed by atoms with E-state index in [1.807, 2.05) is 6.08 Å². The summed E-state index contributed by atoms with van der Waals surface area (Å²) in [6.07, 6.45) is 3.75. The second kappa shape index (κ2) is 7.67. The van der Waals surface area contributed by atoms with Crippen molar-refractivity contribution < 1.29 is 29.0 Å². The van der Waals surface area contributed by atoms with Crippen molar-refractivity contribution in [1.82, 2.24) is 4.90 Å². The Hall–Kier alpha value is -2.71. The minimum atomic E-state index is -0.659. The van der Waals surface area contributed by atoms with Crippen molar-refractivity contribution in [3.63, 3.8) is 0 Å². The summed E-state index contributed by atoms with van der Waals surface area (Å²) in [6.45, 7) is 0. The molecular weight excluding hydrogens is 514 g/mol. The zero-order valence-electron chi connectivity index (χ0n) is 17.7. The third-order valence-corrected chi connectivity index (χ3v) is 8.03. The first-order valence-corrected chi connectivity index (χ1v) is 11.6. The van der Waals surface area contributed by atoms with E-state index in [1.165, 1.54) is 20.2 Å². The predicted octanol–water partition coefficient (Wildman–Crippen LogP) is 3.45. The minimum absolute atomic E-state index is 0.0427. The molecular formula is C24H19BrClNO6. The number of hydrogen-bond acceptors (Lipinski definition) is 6. The number of Topliss-reactive ketones (excluding diaryl/α,β-unsaturated/α-hetero) is 1. The van der Waals surface area contributed by atoms with Gasteiger partial charge >= 0.3 is 0 Å². The zero-order valence-corrected chi connectivity index (χ0v) is 20.1. The molecule has 5 rings (SSSR count). The molecule has 170 valence electrons. The number of ether oxygens (including phenoxy) is 1. The van der Waals surface area contributed by atoms with E-state index in [4.69, 9.17) is 16.3 Å². The average molecular weight is 533 g/mol. The lowest BCUT2D eigenvalue weighted by Crippen LogP contribution is -2.39. The molecule has 1 N–H and O–H groups in total. The predicted molar refractivity (Wildman–Crippen MR) is 122 cm³/mol. The molecule has 1 heterocycles. The standard InChI is InChI=1S/C24H19BrClNO6/c1-27-23(31)11-4-3-10-12(19(11)24(27)32)7-13-20(16(28)8-14(25)21(13)29)18(10)9-5-15(26)22(30)17(6-9)33-2/h3,5-6,8,11-12,18-19,30H,4,7H2,1-2H3. The maximum atomic E-state index is 13.2. The Morgan fingerprint density at radius 2 is 1.88 bits per heavy atom. The first-order valence-electron chi connectivity index (χ1n) is 10.4. The Morgan fingerprint density at radius 3 is 2.58 bits per heavy atom. The van der Waals surface area contributed by atoms with Gasteiger partial charge in [0.15, 0.2) is 23.1 Å². The quantitative estimate of drug-likeness (QED) is 0.356. The maximum Gasteiger partial charge on any atom is 0.233 e. The number of methoxy groups -OCH3 is 1. The van der Waals surface area contributed by atoms with Crippen LogP contribution >= 0.6 is 27.5 Å². The van der Waals surface area contributed by atoms with Gasteiger partial charge in [-0.1, -0.05) is 23.3 Å². The Labute approximate surface area is 202 Å². The van der Waals surface area contributed by atoms with Crippen molar-refractivity contribution >= 4 is 50.9 Å². The van der Waals surface area contributed by atoms with Crippen molar-refractivity contribution in [2.75, 3.05) is 14.2 Å². The highest BCUT2D eigenvalue weighted by molar-refractivity contribution is 9.12. The van der Waals surface area contributed by atoms with Gasteiger partial charge in [-0.25, -0.2) is 0 Å². The lowest BCUT2D eigenvalue weighted by molar-refractivity contribution is -0.138. The highest BCUT2D eigenvalue weighted by Gasteiger charge is 2.55. The number of amides is 2. The summed E-state index contributed by atoms with van der Waals surface area (Å²) in [6, 6.07) is 3.13. The van der Waals surface area contributed by atoms with Gasteiger partial charge in [-0.15, -0.1) is 0 Å². The van der Waals surface area contributed by atoms with Crippen LogP contribution in [0.3, 0.4) is 0 Å². The minimum Gasteiger partial charge on any atom is -0.503 e. The molecule has 4 unspecified atom stereocenters. The van der Waals surface area contributed by atoms with Gasteiger partial charge in [0, 0.05) is 30.2 Å². The van der Waals surface area contributed by atoms with Crippen molar-refractivity contribution in [2.45, 2.75) is 18.8 Å². The number of rotatable bonds is 2. The van der Waals surface area contributed by atoms with Crippen LogP contribution in [0.5, 0.6) is 11.5 Å². The van der Waals surface area contributed by atoms with Crippen LogP contribution in [-0.2, 0) is 19.2 Å². The molecule has 0 saturated carbocycles. The molecule has 1 aromatic rings. The number of allylic oxidation sites excluding steroid dienone is 6. The lowest BCUT2D eigenvalue weighted by Gasteiger charge is -2.42. The van der Waals surface area contributed by atoms with Crippen molar-refractivity contribution in [3.05, 3.63) is 56.1 Å². The summed E-state index contributed by atoms with van der Waals surface area (Å²) in [7, 11) is 2.87. The molecule has 2 amide bonds. The molecule has 0 spiro atoms. The molecule has 7 nitrogen and oxygen atoms in total. The molecule has 1 saturated heterocycles. The summed E-state index contributed by atoms with van der Waals surface area (Å²) in [5, 5.41) is 10.3. The van der Waals surface area contributed by atoms with Gasteiger partial charge in [0.05, 0.1) is 28.5 Å². The van der Waals surface area contributed by atoms with Gasteiger partial charge in [-0.05, 0) is 52.4 Å². The van der Waals surface area contributed by atoms with Gasteiger partial charge in [-0.2, -0.15) is 0 Å².